The second-order valence-electron chi connectivity index (χ2n) is 7.83. The molecule has 2 aliphatic heterocycles. The minimum Gasteiger partial charge on any atom is -0.496 e. The Bertz CT molecular complexity index is 838. The number of amides is 1. The van der Waals surface area contributed by atoms with E-state index in [1.807, 2.05) is 24.3 Å². The predicted molar refractivity (Wildman–Crippen MR) is 107 cm³/mol. The van der Waals surface area contributed by atoms with Crippen molar-refractivity contribution in [2.24, 2.45) is 5.41 Å². The summed E-state index contributed by atoms with van der Waals surface area (Å²) < 4.78 is 11.1. The van der Waals surface area contributed by atoms with Crippen molar-refractivity contribution in [3.05, 3.63) is 54.1 Å². The molecular formula is C23H27NO4. The molecule has 148 valence electrons. The molecule has 0 spiro atoms. The number of aliphatic hydroxyl groups is 1. The van der Waals surface area contributed by atoms with Crippen LogP contribution in [0.4, 0.5) is 0 Å². The molecule has 0 unspecified atom stereocenters. The van der Waals surface area contributed by atoms with Crippen molar-refractivity contribution in [2.75, 3.05) is 33.4 Å². The third kappa shape index (κ3) is 3.64. The predicted octanol–water partition coefficient (Wildman–Crippen LogP) is 2.90. The molecule has 0 bridgehead atoms. The van der Waals surface area contributed by atoms with E-state index in [4.69, 9.17) is 9.47 Å². The lowest BCUT2D eigenvalue weighted by molar-refractivity contribution is -0.158. The van der Waals surface area contributed by atoms with Gasteiger partial charge in [-0.15, -0.1) is 0 Å². The molecule has 1 N–H and O–H groups in total. The lowest BCUT2D eigenvalue weighted by Gasteiger charge is -2.45. The Morgan fingerprint density at radius 3 is 2.64 bits per heavy atom. The first-order valence-electron chi connectivity index (χ1n) is 9.89. The Hall–Kier alpha value is -2.37. The summed E-state index contributed by atoms with van der Waals surface area (Å²) in [5, 5.41) is 9.62. The second-order valence-corrected chi connectivity index (χ2v) is 7.83. The lowest BCUT2D eigenvalue weighted by Crippen LogP contribution is -2.59. The minimum absolute atomic E-state index is 0.156. The molecule has 5 nitrogen and oxygen atoms in total. The topological polar surface area (TPSA) is 59.0 Å². The number of aliphatic hydroxyl groups excluding tert-OH is 1. The first-order chi connectivity index (χ1) is 13.6. The summed E-state index contributed by atoms with van der Waals surface area (Å²) in [4.78, 5) is 15.0. The Labute approximate surface area is 165 Å². The molecule has 2 aliphatic rings. The van der Waals surface area contributed by atoms with Crippen LogP contribution in [0.3, 0.4) is 0 Å². The molecule has 0 saturated carbocycles. The number of hydrogen-bond acceptors (Lipinski definition) is 4. The van der Waals surface area contributed by atoms with E-state index in [2.05, 4.69) is 24.3 Å². The highest BCUT2D eigenvalue weighted by Crippen LogP contribution is 2.39. The van der Waals surface area contributed by atoms with E-state index >= 15 is 0 Å². The van der Waals surface area contributed by atoms with E-state index < -0.39 is 5.41 Å². The van der Waals surface area contributed by atoms with Gasteiger partial charge in [-0.2, -0.15) is 0 Å². The van der Waals surface area contributed by atoms with E-state index in [1.54, 1.807) is 12.0 Å². The van der Waals surface area contributed by atoms with Gasteiger partial charge in [0.05, 0.1) is 18.6 Å². The number of likely N-dealkylation sites (tertiary alicyclic amines) is 1. The number of rotatable bonds is 5. The average molecular weight is 381 g/mol. The van der Waals surface area contributed by atoms with Gasteiger partial charge >= 0.3 is 0 Å². The first kappa shape index (κ1) is 19.0. The van der Waals surface area contributed by atoms with E-state index in [9.17, 15) is 9.90 Å². The molecule has 5 heteroatoms. The Morgan fingerprint density at radius 1 is 1.18 bits per heavy atom. The minimum atomic E-state index is -0.447. The van der Waals surface area contributed by atoms with Crippen molar-refractivity contribution in [2.45, 2.75) is 25.4 Å². The number of methoxy groups -OCH3 is 1. The number of ether oxygens (including phenoxy) is 2. The normalized spacial score (nSPS) is 19.1. The second kappa shape index (κ2) is 7.94. The molecule has 0 aliphatic carbocycles. The number of hydrogen-bond donors (Lipinski definition) is 1. The summed E-state index contributed by atoms with van der Waals surface area (Å²) in [6.07, 6.45) is 1.74. The van der Waals surface area contributed by atoms with E-state index in [0.717, 1.165) is 35.3 Å². The van der Waals surface area contributed by atoms with Gasteiger partial charge in [0.15, 0.2) is 0 Å². The van der Waals surface area contributed by atoms with E-state index in [1.165, 1.54) is 0 Å². The highest BCUT2D eigenvalue weighted by Gasteiger charge is 2.45. The summed E-state index contributed by atoms with van der Waals surface area (Å²) in [5.41, 5.74) is 2.83. The van der Waals surface area contributed by atoms with Gasteiger partial charge in [0.2, 0.25) is 5.91 Å². The van der Waals surface area contributed by atoms with Gasteiger partial charge in [-0.1, -0.05) is 42.5 Å². The van der Waals surface area contributed by atoms with Crippen LogP contribution in [-0.2, 0) is 16.0 Å². The molecule has 28 heavy (non-hydrogen) atoms. The summed E-state index contributed by atoms with van der Waals surface area (Å²) >= 11 is 0. The summed E-state index contributed by atoms with van der Waals surface area (Å²) in [5.74, 6) is 0.995. The van der Waals surface area contributed by atoms with Crippen molar-refractivity contribution in [1.82, 2.24) is 4.90 Å². The SMILES string of the molecule is COc1ccccc1-c1cccc(CC2(C(=O)N3CC(O)C3)CCOCC2)c1. The maximum absolute atomic E-state index is 13.2. The molecular weight excluding hydrogens is 354 g/mol. The molecule has 4 rings (SSSR count). The van der Waals surface area contributed by atoms with Crippen molar-refractivity contribution in [3.63, 3.8) is 0 Å². The zero-order valence-corrected chi connectivity index (χ0v) is 16.3. The van der Waals surface area contributed by atoms with Crippen LogP contribution in [0.25, 0.3) is 11.1 Å². The van der Waals surface area contributed by atoms with Crippen LogP contribution in [0.5, 0.6) is 5.75 Å². The van der Waals surface area contributed by atoms with Crippen LogP contribution in [0.1, 0.15) is 18.4 Å². The zero-order chi connectivity index (χ0) is 19.6. The standard InChI is InChI=1S/C23H27NO4/c1-27-21-8-3-2-7-20(21)18-6-4-5-17(13-18)14-23(9-11-28-12-10-23)22(26)24-15-19(25)16-24/h2-8,13,19,25H,9-12,14-16H2,1H3. The van der Waals surface area contributed by atoms with Gasteiger partial charge in [0, 0.05) is 31.9 Å². The fraction of sp³-hybridized carbons (Fsp3) is 0.435. The summed E-state index contributed by atoms with van der Waals surface area (Å²) in [7, 11) is 1.68. The zero-order valence-electron chi connectivity index (χ0n) is 16.3. The third-order valence-corrected chi connectivity index (χ3v) is 5.94. The fourth-order valence-electron chi connectivity index (χ4n) is 4.31. The van der Waals surface area contributed by atoms with Crippen molar-refractivity contribution in [1.29, 1.82) is 0 Å². The quantitative estimate of drug-likeness (QED) is 0.865. The maximum atomic E-state index is 13.2. The maximum Gasteiger partial charge on any atom is 0.229 e. The van der Waals surface area contributed by atoms with E-state index in [-0.39, 0.29) is 12.0 Å². The lowest BCUT2D eigenvalue weighted by atomic mass is 9.73. The van der Waals surface area contributed by atoms with Crippen LogP contribution in [0, 0.1) is 5.41 Å². The van der Waals surface area contributed by atoms with Crippen LogP contribution in [0.15, 0.2) is 48.5 Å². The molecule has 0 radical (unpaired) electrons. The van der Waals surface area contributed by atoms with Gasteiger partial charge in [-0.05, 0) is 36.5 Å². The number of β-amino-alcohol motifs (C(OH)–C–C–N with tert-alkyl or cyclic N) is 1. The highest BCUT2D eigenvalue weighted by atomic mass is 16.5. The number of carbonyl (C=O) groups excluding carboxylic acids is 1. The Morgan fingerprint density at radius 2 is 1.93 bits per heavy atom. The monoisotopic (exact) mass is 381 g/mol. The van der Waals surface area contributed by atoms with Gasteiger partial charge < -0.3 is 19.5 Å². The van der Waals surface area contributed by atoms with Crippen LogP contribution < -0.4 is 4.74 Å². The molecule has 2 aromatic rings. The Kier molecular flexibility index (Phi) is 5.38. The van der Waals surface area contributed by atoms with Crippen LogP contribution in [0.2, 0.25) is 0 Å². The molecule has 2 fully saturated rings. The molecule has 2 aromatic carbocycles. The smallest absolute Gasteiger partial charge is 0.229 e. The number of benzene rings is 2. The highest BCUT2D eigenvalue weighted by molar-refractivity contribution is 5.84. The number of para-hydroxylation sites is 1. The first-order valence-corrected chi connectivity index (χ1v) is 9.89. The van der Waals surface area contributed by atoms with Gasteiger partial charge in [0.25, 0.3) is 0 Å². The number of carbonyl (C=O) groups is 1. The van der Waals surface area contributed by atoms with Crippen molar-refractivity contribution < 1.29 is 19.4 Å². The van der Waals surface area contributed by atoms with Crippen LogP contribution >= 0.6 is 0 Å². The van der Waals surface area contributed by atoms with Gasteiger partial charge in [0.1, 0.15) is 5.75 Å². The molecule has 1 amide bonds. The van der Waals surface area contributed by atoms with Gasteiger partial charge in [-0.3, -0.25) is 4.79 Å². The summed E-state index contributed by atoms with van der Waals surface area (Å²) in [6, 6.07) is 16.3. The molecule has 2 saturated heterocycles. The van der Waals surface area contributed by atoms with Crippen molar-refractivity contribution >= 4 is 5.91 Å². The molecule has 0 atom stereocenters. The largest absolute Gasteiger partial charge is 0.496 e. The third-order valence-electron chi connectivity index (χ3n) is 5.94. The average Bonchev–Trinajstić information content (AvgIpc) is 2.72. The van der Waals surface area contributed by atoms with Gasteiger partial charge in [-0.25, -0.2) is 0 Å². The van der Waals surface area contributed by atoms with Crippen LogP contribution in [-0.4, -0.2) is 55.4 Å². The number of nitrogens with zero attached hydrogens (tertiary/aromatic N) is 1. The summed E-state index contributed by atoms with van der Waals surface area (Å²) in [6.45, 7) is 2.11. The fourth-order valence-corrected chi connectivity index (χ4v) is 4.31. The molecule has 0 aromatic heterocycles. The molecule has 2 heterocycles. The van der Waals surface area contributed by atoms with Crippen molar-refractivity contribution in [3.8, 4) is 16.9 Å². The Balaban J connectivity index is 1.61. The van der Waals surface area contributed by atoms with E-state index in [0.29, 0.717) is 32.7 Å².